The van der Waals surface area contributed by atoms with Crippen molar-refractivity contribution in [1.82, 2.24) is 0 Å². The van der Waals surface area contributed by atoms with Crippen molar-refractivity contribution in [3.05, 3.63) is 105 Å². The van der Waals surface area contributed by atoms with Crippen molar-refractivity contribution in [2.24, 2.45) is 0 Å². The summed E-state index contributed by atoms with van der Waals surface area (Å²) in [6.45, 7) is 2.71. The van der Waals surface area contributed by atoms with Gasteiger partial charge in [-0.15, -0.1) is 0 Å². The van der Waals surface area contributed by atoms with Crippen molar-refractivity contribution in [3.8, 4) is 11.5 Å². The molecule has 0 saturated heterocycles. The maximum absolute atomic E-state index is 13.4. The molecule has 0 saturated carbocycles. The van der Waals surface area contributed by atoms with E-state index in [1.807, 2.05) is 49.4 Å². The molecule has 1 N–H and O–H groups in total. The number of hydrogen-bond acceptors (Lipinski definition) is 4. The van der Waals surface area contributed by atoms with Gasteiger partial charge in [-0.2, -0.15) is 0 Å². The highest BCUT2D eigenvalue weighted by Gasteiger charge is 2.35. The summed E-state index contributed by atoms with van der Waals surface area (Å²) in [7, 11) is 0. The molecule has 1 aliphatic heterocycles. The van der Waals surface area contributed by atoms with Crippen LogP contribution in [0.4, 0.5) is 5.69 Å². The number of carbonyl (C=O) groups is 1. The molecular formula is C32H27Cl2NO3. The van der Waals surface area contributed by atoms with Crippen molar-refractivity contribution >= 4 is 51.0 Å². The van der Waals surface area contributed by atoms with Crippen molar-refractivity contribution < 1.29 is 14.3 Å². The zero-order chi connectivity index (χ0) is 26.2. The number of fused-ring (bicyclic) bond motifs is 4. The summed E-state index contributed by atoms with van der Waals surface area (Å²) >= 11 is 12.8. The van der Waals surface area contributed by atoms with Gasteiger partial charge in [0.1, 0.15) is 6.61 Å². The van der Waals surface area contributed by atoms with Crippen molar-refractivity contribution in [1.29, 1.82) is 0 Å². The van der Waals surface area contributed by atoms with E-state index in [4.69, 9.17) is 32.7 Å². The average molecular weight is 544 g/mol. The molecular weight excluding hydrogens is 517 g/mol. The molecule has 4 aromatic carbocycles. The van der Waals surface area contributed by atoms with E-state index in [0.717, 1.165) is 51.8 Å². The monoisotopic (exact) mass is 543 g/mol. The van der Waals surface area contributed by atoms with E-state index in [1.165, 1.54) is 5.39 Å². The number of Topliss-reactive ketones (excluding diaryl/α,β-unsaturated/α-hetero) is 1. The van der Waals surface area contributed by atoms with Gasteiger partial charge in [-0.25, -0.2) is 0 Å². The van der Waals surface area contributed by atoms with Gasteiger partial charge < -0.3 is 14.8 Å². The Morgan fingerprint density at radius 3 is 2.58 bits per heavy atom. The van der Waals surface area contributed by atoms with Gasteiger partial charge in [0, 0.05) is 28.3 Å². The summed E-state index contributed by atoms with van der Waals surface area (Å²) in [5, 5.41) is 7.11. The van der Waals surface area contributed by atoms with E-state index in [1.54, 1.807) is 0 Å². The third kappa shape index (κ3) is 4.53. The molecule has 6 rings (SSSR count). The van der Waals surface area contributed by atoms with Crippen LogP contribution in [0, 0.1) is 0 Å². The Hall–Kier alpha value is -3.47. The van der Waals surface area contributed by atoms with Crippen LogP contribution in [0.5, 0.6) is 11.5 Å². The van der Waals surface area contributed by atoms with Crippen LogP contribution in [-0.2, 0) is 11.4 Å². The van der Waals surface area contributed by atoms with Crippen LogP contribution in [0.3, 0.4) is 0 Å². The predicted molar refractivity (Wildman–Crippen MR) is 154 cm³/mol. The fraction of sp³-hybridized carbons (Fsp3) is 0.219. The Kier molecular flexibility index (Phi) is 6.77. The van der Waals surface area contributed by atoms with Crippen LogP contribution >= 0.6 is 23.2 Å². The van der Waals surface area contributed by atoms with E-state index in [-0.39, 0.29) is 11.8 Å². The second-order valence-electron chi connectivity index (χ2n) is 9.63. The van der Waals surface area contributed by atoms with Gasteiger partial charge in [-0.1, -0.05) is 65.7 Å². The maximum Gasteiger partial charge on any atom is 0.180 e. The molecule has 0 bridgehead atoms. The lowest BCUT2D eigenvalue weighted by Gasteiger charge is -2.35. The molecule has 0 fully saturated rings. The number of allylic oxidation sites excluding steroid dienone is 1. The first kappa shape index (κ1) is 24.8. The summed E-state index contributed by atoms with van der Waals surface area (Å²) in [4.78, 5) is 13.4. The van der Waals surface area contributed by atoms with E-state index in [2.05, 4.69) is 35.6 Å². The lowest BCUT2D eigenvalue weighted by molar-refractivity contribution is -0.116. The number of hydrogen-bond donors (Lipinski definition) is 1. The minimum absolute atomic E-state index is 0.180. The van der Waals surface area contributed by atoms with Crippen molar-refractivity contribution in [3.63, 3.8) is 0 Å². The van der Waals surface area contributed by atoms with Gasteiger partial charge in [-0.3, -0.25) is 4.79 Å². The van der Waals surface area contributed by atoms with E-state index in [0.29, 0.717) is 41.2 Å². The van der Waals surface area contributed by atoms with E-state index >= 15 is 0 Å². The molecule has 2 aliphatic rings. The minimum Gasteiger partial charge on any atom is -0.490 e. The molecule has 4 aromatic rings. The van der Waals surface area contributed by atoms with Crippen LogP contribution in [0.15, 0.2) is 78.4 Å². The lowest BCUT2D eigenvalue weighted by Crippen LogP contribution is -2.27. The Morgan fingerprint density at radius 2 is 1.76 bits per heavy atom. The van der Waals surface area contributed by atoms with Gasteiger partial charge >= 0.3 is 0 Å². The maximum atomic E-state index is 13.4. The normalized spacial score (nSPS) is 16.6. The zero-order valence-corrected chi connectivity index (χ0v) is 22.5. The highest BCUT2D eigenvalue weighted by molar-refractivity contribution is 6.32. The molecule has 1 atom stereocenters. The standard InChI is InChI=1S/C32H27Cl2NO3/c1-2-37-28-17-21(16-25(34)32(28)38-18-19-10-13-22(33)14-11-19)31-30-24(8-5-9-27(30)36)29-23-7-4-3-6-20(23)12-15-26(29)35-31/h3-4,6-7,10-17,31,35H,2,5,8-9,18H2,1H3/t31-/m1/s1. The molecule has 4 nitrogen and oxygen atoms in total. The molecule has 0 unspecified atom stereocenters. The summed E-state index contributed by atoms with van der Waals surface area (Å²) in [5.41, 5.74) is 5.97. The number of carbonyl (C=O) groups excluding carboxylic acids is 1. The Labute approximate surface area is 232 Å². The summed E-state index contributed by atoms with van der Waals surface area (Å²) in [6, 6.07) is 23.6. The second-order valence-corrected chi connectivity index (χ2v) is 10.5. The molecule has 1 heterocycles. The molecule has 0 amide bonds. The summed E-state index contributed by atoms with van der Waals surface area (Å²) in [5.74, 6) is 1.22. The average Bonchev–Trinajstić information content (AvgIpc) is 2.93. The third-order valence-corrected chi connectivity index (χ3v) is 7.77. The summed E-state index contributed by atoms with van der Waals surface area (Å²) in [6.07, 6.45) is 2.27. The predicted octanol–water partition coefficient (Wildman–Crippen LogP) is 8.80. The highest BCUT2D eigenvalue weighted by Crippen LogP contribution is 2.49. The van der Waals surface area contributed by atoms with Gasteiger partial charge in [0.25, 0.3) is 0 Å². The summed E-state index contributed by atoms with van der Waals surface area (Å²) < 4.78 is 12.1. The molecule has 0 radical (unpaired) electrons. The molecule has 6 heteroatoms. The third-order valence-electron chi connectivity index (χ3n) is 7.24. The van der Waals surface area contributed by atoms with Crippen LogP contribution in [0.2, 0.25) is 10.0 Å². The zero-order valence-electron chi connectivity index (χ0n) is 21.0. The first-order chi connectivity index (χ1) is 18.5. The van der Waals surface area contributed by atoms with Gasteiger partial charge in [0.2, 0.25) is 0 Å². The highest BCUT2D eigenvalue weighted by atomic mass is 35.5. The quantitative estimate of drug-likeness (QED) is 0.264. The molecule has 192 valence electrons. The Bertz CT molecular complexity index is 1580. The van der Waals surface area contributed by atoms with Gasteiger partial charge in [0.15, 0.2) is 17.3 Å². The SMILES string of the molecule is CCOc1cc([C@H]2Nc3ccc4ccccc4c3C3=C2C(=O)CCC3)cc(Cl)c1OCc1ccc(Cl)cc1. The molecule has 38 heavy (non-hydrogen) atoms. The first-order valence-electron chi connectivity index (χ1n) is 12.9. The lowest BCUT2D eigenvalue weighted by atomic mass is 9.77. The van der Waals surface area contributed by atoms with E-state index < -0.39 is 0 Å². The van der Waals surface area contributed by atoms with Gasteiger partial charge in [-0.05, 0) is 77.6 Å². The Morgan fingerprint density at radius 1 is 0.947 bits per heavy atom. The van der Waals surface area contributed by atoms with Gasteiger partial charge in [0.05, 0.1) is 17.7 Å². The van der Waals surface area contributed by atoms with Crippen LogP contribution in [0.25, 0.3) is 16.3 Å². The molecule has 1 aliphatic carbocycles. The smallest absolute Gasteiger partial charge is 0.180 e. The fourth-order valence-electron chi connectivity index (χ4n) is 5.55. The number of ketones is 1. The van der Waals surface area contributed by atoms with Crippen LogP contribution in [-0.4, -0.2) is 12.4 Å². The minimum atomic E-state index is -0.325. The Balaban J connectivity index is 1.42. The number of benzene rings is 4. The number of rotatable bonds is 6. The first-order valence-corrected chi connectivity index (χ1v) is 13.7. The second kappa shape index (κ2) is 10.4. The van der Waals surface area contributed by atoms with Crippen LogP contribution in [0.1, 0.15) is 48.9 Å². The topological polar surface area (TPSA) is 47.6 Å². The van der Waals surface area contributed by atoms with Crippen LogP contribution < -0.4 is 14.8 Å². The molecule has 0 spiro atoms. The van der Waals surface area contributed by atoms with Crippen molar-refractivity contribution in [2.45, 2.75) is 38.8 Å². The largest absolute Gasteiger partial charge is 0.490 e. The van der Waals surface area contributed by atoms with Crippen molar-refractivity contribution in [2.75, 3.05) is 11.9 Å². The van der Waals surface area contributed by atoms with E-state index in [9.17, 15) is 4.79 Å². The number of ether oxygens (including phenoxy) is 2. The number of nitrogens with one attached hydrogen (secondary N) is 1. The number of halogens is 2. The fourth-order valence-corrected chi connectivity index (χ4v) is 5.95. The molecule has 0 aromatic heterocycles. The number of anilines is 1.